The molecule has 0 unspecified atom stereocenters. The molecule has 0 aliphatic carbocycles. The van der Waals surface area contributed by atoms with E-state index in [2.05, 4.69) is 51.4 Å². The Balaban J connectivity index is 1.44. The number of fused-ring (bicyclic) bond motifs is 1. The second-order valence-corrected chi connectivity index (χ2v) is 7.78. The van der Waals surface area contributed by atoms with Gasteiger partial charge in [-0.25, -0.2) is 4.98 Å². The number of piperazine rings is 1. The third-order valence-corrected chi connectivity index (χ3v) is 6.24. The first-order valence-corrected chi connectivity index (χ1v) is 10.2. The topological polar surface area (TPSA) is 32.3 Å². The molecule has 0 radical (unpaired) electrons. The van der Waals surface area contributed by atoms with Crippen LogP contribution in [0.5, 0.6) is 0 Å². The van der Waals surface area contributed by atoms with Crippen LogP contribution in [0, 0.1) is 0 Å². The quantitative estimate of drug-likeness (QED) is 0.665. The number of para-hydroxylation sites is 1. The molecular weight excluding hydrogens is 336 g/mol. The van der Waals surface area contributed by atoms with Gasteiger partial charge in [0, 0.05) is 50.0 Å². The summed E-state index contributed by atoms with van der Waals surface area (Å²) in [6, 6.07) is 10.7. The van der Waals surface area contributed by atoms with Crippen molar-refractivity contribution in [3.8, 4) is 0 Å². The van der Waals surface area contributed by atoms with Gasteiger partial charge in [-0.05, 0) is 36.1 Å². The molecule has 2 aromatic heterocycles. The van der Waals surface area contributed by atoms with Crippen LogP contribution in [0.25, 0.3) is 10.2 Å². The van der Waals surface area contributed by atoms with Gasteiger partial charge in [0.2, 0.25) is 0 Å². The van der Waals surface area contributed by atoms with Gasteiger partial charge in [-0.3, -0.25) is 9.88 Å². The van der Waals surface area contributed by atoms with Crippen LogP contribution in [0.3, 0.4) is 0 Å². The van der Waals surface area contributed by atoms with E-state index in [0.29, 0.717) is 0 Å². The van der Waals surface area contributed by atoms with E-state index in [1.54, 1.807) is 11.8 Å². The lowest BCUT2D eigenvalue weighted by molar-refractivity contribution is 0.250. The zero-order valence-electron chi connectivity index (χ0n) is 13.7. The van der Waals surface area contributed by atoms with Gasteiger partial charge in [0.05, 0.1) is 10.2 Å². The maximum absolute atomic E-state index is 4.91. The molecule has 0 amide bonds. The minimum atomic E-state index is 1.01. The van der Waals surface area contributed by atoms with Crippen molar-refractivity contribution in [3.05, 3.63) is 48.3 Å². The Labute approximate surface area is 150 Å². The van der Waals surface area contributed by atoms with Crippen molar-refractivity contribution in [2.45, 2.75) is 11.4 Å². The Morgan fingerprint density at radius 3 is 2.62 bits per heavy atom. The molecule has 0 atom stereocenters. The molecule has 0 saturated carbocycles. The van der Waals surface area contributed by atoms with Gasteiger partial charge in [0.1, 0.15) is 0 Å². The lowest BCUT2D eigenvalue weighted by Gasteiger charge is -2.34. The summed E-state index contributed by atoms with van der Waals surface area (Å²) in [4.78, 5) is 15.2. The van der Waals surface area contributed by atoms with Gasteiger partial charge in [0.25, 0.3) is 0 Å². The van der Waals surface area contributed by atoms with E-state index in [4.69, 9.17) is 4.98 Å². The number of anilines is 1. The number of nitrogens with zero attached hydrogens (tertiary/aromatic N) is 4. The fourth-order valence-corrected chi connectivity index (χ4v) is 4.73. The van der Waals surface area contributed by atoms with Crippen LogP contribution in [-0.4, -0.2) is 47.3 Å². The van der Waals surface area contributed by atoms with E-state index in [-0.39, 0.29) is 0 Å². The minimum absolute atomic E-state index is 1.01. The monoisotopic (exact) mass is 356 g/mol. The third-order valence-electron chi connectivity index (χ3n) is 4.39. The van der Waals surface area contributed by atoms with Crippen LogP contribution in [0.4, 0.5) is 5.13 Å². The summed E-state index contributed by atoms with van der Waals surface area (Å²) < 4.78 is 1.29. The Hall–Kier alpha value is -1.63. The number of benzene rings is 1. The largest absolute Gasteiger partial charge is 0.345 e. The van der Waals surface area contributed by atoms with Crippen LogP contribution < -0.4 is 4.90 Å². The number of hydrogen-bond acceptors (Lipinski definition) is 6. The van der Waals surface area contributed by atoms with E-state index in [0.717, 1.165) is 43.4 Å². The molecule has 1 aliphatic rings. The van der Waals surface area contributed by atoms with Crippen molar-refractivity contribution in [2.24, 2.45) is 0 Å². The van der Waals surface area contributed by atoms with Crippen LogP contribution in [0.1, 0.15) is 5.56 Å². The molecule has 1 saturated heterocycles. The lowest BCUT2D eigenvalue weighted by atomic mass is 10.2. The van der Waals surface area contributed by atoms with Gasteiger partial charge in [-0.1, -0.05) is 17.4 Å². The summed E-state index contributed by atoms with van der Waals surface area (Å²) in [5.74, 6) is 0. The van der Waals surface area contributed by atoms with Crippen molar-refractivity contribution in [1.82, 2.24) is 14.9 Å². The maximum Gasteiger partial charge on any atom is 0.186 e. The molecule has 1 aromatic carbocycles. The average molecular weight is 357 g/mol. The predicted octanol–water partition coefficient (Wildman–Crippen LogP) is 3.74. The number of thiazole rings is 1. The summed E-state index contributed by atoms with van der Waals surface area (Å²) >= 11 is 3.59. The number of hydrogen-bond donors (Lipinski definition) is 0. The molecule has 124 valence electrons. The molecule has 4 rings (SSSR count). The van der Waals surface area contributed by atoms with Crippen molar-refractivity contribution < 1.29 is 0 Å². The number of thioether (sulfide) groups is 1. The normalized spacial score (nSPS) is 16.0. The molecule has 1 aliphatic heterocycles. The first-order chi connectivity index (χ1) is 11.8. The summed E-state index contributed by atoms with van der Waals surface area (Å²) in [5.41, 5.74) is 2.49. The fraction of sp³-hybridized carbons (Fsp3) is 0.333. The number of rotatable bonds is 4. The smallest absolute Gasteiger partial charge is 0.186 e. The summed E-state index contributed by atoms with van der Waals surface area (Å²) in [6.45, 7) is 5.24. The molecule has 0 bridgehead atoms. The molecule has 0 N–H and O–H groups in total. The predicted molar refractivity (Wildman–Crippen MR) is 103 cm³/mol. The Morgan fingerprint density at radius 1 is 1.08 bits per heavy atom. The van der Waals surface area contributed by atoms with Gasteiger partial charge < -0.3 is 4.90 Å². The second kappa shape index (κ2) is 7.09. The first-order valence-electron chi connectivity index (χ1n) is 8.13. The van der Waals surface area contributed by atoms with E-state index < -0.39 is 0 Å². The highest BCUT2D eigenvalue weighted by molar-refractivity contribution is 7.98. The fourth-order valence-electron chi connectivity index (χ4n) is 3.06. The van der Waals surface area contributed by atoms with Crippen molar-refractivity contribution in [3.63, 3.8) is 0 Å². The minimum Gasteiger partial charge on any atom is -0.345 e. The van der Waals surface area contributed by atoms with E-state index >= 15 is 0 Å². The van der Waals surface area contributed by atoms with E-state index in [1.165, 1.54) is 15.2 Å². The third kappa shape index (κ3) is 3.27. The zero-order chi connectivity index (χ0) is 16.4. The molecule has 3 heterocycles. The molecule has 24 heavy (non-hydrogen) atoms. The summed E-state index contributed by atoms with van der Waals surface area (Å²) in [5, 5.41) is 1.16. The van der Waals surface area contributed by atoms with Crippen molar-refractivity contribution in [2.75, 3.05) is 37.3 Å². The molecule has 3 aromatic rings. The van der Waals surface area contributed by atoms with Crippen LogP contribution >= 0.6 is 23.1 Å². The second-order valence-electron chi connectivity index (χ2n) is 5.92. The van der Waals surface area contributed by atoms with Crippen molar-refractivity contribution in [1.29, 1.82) is 0 Å². The van der Waals surface area contributed by atoms with E-state index in [1.807, 2.05) is 23.7 Å². The zero-order valence-corrected chi connectivity index (χ0v) is 15.3. The molecular formula is C18H20N4S2. The SMILES string of the molecule is CSc1cccc2sc(N3CCN(Cc4ccncc4)CC3)nc12. The molecule has 6 heteroatoms. The Bertz CT molecular complexity index is 810. The molecule has 4 nitrogen and oxygen atoms in total. The highest BCUT2D eigenvalue weighted by atomic mass is 32.2. The summed E-state index contributed by atoms with van der Waals surface area (Å²) in [7, 11) is 0. The average Bonchev–Trinajstić information content (AvgIpc) is 3.07. The molecule has 1 fully saturated rings. The number of aromatic nitrogens is 2. The maximum atomic E-state index is 4.91. The highest BCUT2D eigenvalue weighted by Gasteiger charge is 2.20. The standard InChI is InChI=1S/C18H20N4S2/c1-23-15-3-2-4-16-17(15)20-18(24-16)22-11-9-21(10-12-22)13-14-5-7-19-8-6-14/h2-8H,9-13H2,1H3. The lowest BCUT2D eigenvalue weighted by Crippen LogP contribution is -2.45. The van der Waals surface area contributed by atoms with E-state index in [9.17, 15) is 0 Å². The van der Waals surface area contributed by atoms with Gasteiger partial charge in [-0.15, -0.1) is 11.8 Å². The van der Waals surface area contributed by atoms with Crippen LogP contribution in [0.2, 0.25) is 0 Å². The van der Waals surface area contributed by atoms with Crippen molar-refractivity contribution >= 4 is 38.4 Å². The van der Waals surface area contributed by atoms with Crippen LogP contribution in [0.15, 0.2) is 47.6 Å². The van der Waals surface area contributed by atoms with Gasteiger partial charge >= 0.3 is 0 Å². The Morgan fingerprint density at radius 2 is 1.88 bits per heavy atom. The number of pyridine rings is 1. The van der Waals surface area contributed by atoms with Gasteiger partial charge in [0.15, 0.2) is 5.13 Å². The van der Waals surface area contributed by atoms with Gasteiger partial charge in [-0.2, -0.15) is 0 Å². The highest BCUT2D eigenvalue weighted by Crippen LogP contribution is 2.34. The first kappa shape index (κ1) is 15.9. The van der Waals surface area contributed by atoms with Crippen LogP contribution in [-0.2, 0) is 6.54 Å². The molecule has 0 spiro atoms. The Kier molecular flexibility index (Phi) is 4.69. The summed E-state index contributed by atoms with van der Waals surface area (Å²) in [6.07, 6.45) is 5.86.